The Hall–Kier alpha value is -2.76. The second-order valence-corrected chi connectivity index (χ2v) is 3.69. The monoisotopic (exact) mass is 239 g/mol. The van der Waals surface area contributed by atoms with Crippen molar-refractivity contribution in [2.75, 3.05) is 0 Å². The predicted octanol–water partition coefficient (Wildman–Crippen LogP) is 1.22. The lowest BCUT2D eigenvalue weighted by Crippen LogP contribution is -2.08. The summed E-state index contributed by atoms with van der Waals surface area (Å²) >= 11 is 0. The standard InChI is InChI=1S/C12H9N5O/c18-10-6-9(12-13-7-14-17-12)11(16-15-10)8-4-2-1-3-5-8/h1-7H,(H,15,18)(H,13,14,17). The molecular weight excluding hydrogens is 230 g/mol. The first-order valence-corrected chi connectivity index (χ1v) is 5.35. The topological polar surface area (TPSA) is 87.3 Å². The van der Waals surface area contributed by atoms with Crippen LogP contribution in [0.15, 0.2) is 47.5 Å². The molecule has 3 rings (SSSR count). The minimum atomic E-state index is -0.277. The third kappa shape index (κ3) is 1.80. The van der Waals surface area contributed by atoms with Gasteiger partial charge in [0.25, 0.3) is 5.56 Å². The molecule has 3 aromatic rings. The first-order valence-electron chi connectivity index (χ1n) is 5.35. The van der Waals surface area contributed by atoms with Crippen molar-refractivity contribution in [3.63, 3.8) is 0 Å². The van der Waals surface area contributed by atoms with Crippen molar-refractivity contribution in [3.05, 3.63) is 53.1 Å². The molecule has 2 heterocycles. The van der Waals surface area contributed by atoms with Crippen molar-refractivity contribution in [1.29, 1.82) is 0 Å². The van der Waals surface area contributed by atoms with Crippen molar-refractivity contribution in [3.8, 4) is 22.6 Å². The van der Waals surface area contributed by atoms with Crippen LogP contribution in [0.1, 0.15) is 0 Å². The van der Waals surface area contributed by atoms with Gasteiger partial charge in [-0.05, 0) is 0 Å². The molecule has 18 heavy (non-hydrogen) atoms. The third-order valence-corrected chi connectivity index (χ3v) is 2.53. The molecule has 0 saturated heterocycles. The lowest BCUT2D eigenvalue weighted by atomic mass is 10.1. The van der Waals surface area contributed by atoms with Crippen molar-refractivity contribution >= 4 is 0 Å². The zero-order valence-corrected chi connectivity index (χ0v) is 9.29. The largest absolute Gasteiger partial charge is 0.268 e. The van der Waals surface area contributed by atoms with E-state index in [0.717, 1.165) is 5.56 Å². The van der Waals surface area contributed by atoms with E-state index in [1.807, 2.05) is 30.3 Å². The second kappa shape index (κ2) is 4.25. The van der Waals surface area contributed by atoms with Crippen LogP contribution < -0.4 is 5.56 Å². The van der Waals surface area contributed by atoms with E-state index >= 15 is 0 Å². The number of aromatic nitrogens is 5. The molecule has 2 aromatic heterocycles. The van der Waals surface area contributed by atoms with Crippen LogP contribution in [0.5, 0.6) is 0 Å². The number of hydrogen-bond donors (Lipinski definition) is 2. The van der Waals surface area contributed by atoms with Crippen LogP contribution in [0.3, 0.4) is 0 Å². The highest BCUT2D eigenvalue weighted by Crippen LogP contribution is 2.25. The summed E-state index contributed by atoms with van der Waals surface area (Å²) in [5, 5.41) is 13.0. The molecule has 0 aliphatic heterocycles. The number of H-pyrrole nitrogens is 2. The van der Waals surface area contributed by atoms with Crippen molar-refractivity contribution < 1.29 is 0 Å². The molecule has 1 aromatic carbocycles. The zero-order chi connectivity index (χ0) is 12.4. The Kier molecular flexibility index (Phi) is 2.45. The van der Waals surface area contributed by atoms with E-state index in [-0.39, 0.29) is 5.56 Å². The normalized spacial score (nSPS) is 10.4. The van der Waals surface area contributed by atoms with Gasteiger partial charge in [0.15, 0.2) is 5.82 Å². The Morgan fingerprint density at radius 2 is 1.89 bits per heavy atom. The summed E-state index contributed by atoms with van der Waals surface area (Å²) in [6.45, 7) is 0. The number of aromatic amines is 2. The summed E-state index contributed by atoms with van der Waals surface area (Å²) in [6, 6.07) is 11.0. The molecule has 6 nitrogen and oxygen atoms in total. The van der Waals surface area contributed by atoms with Crippen LogP contribution in [0.4, 0.5) is 0 Å². The number of rotatable bonds is 2. The molecule has 0 atom stereocenters. The molecule has 0 amide bonds. The van der Waals surface area contributed by atoms with Crippen molar-refractivity contribution in [2.45, 2.75) is 0 Å². The predicted molar refractivity (Wildman–Crippen MR) is 65.7 cm³/mol. The highest BCUT2D eigenvalue weighted by molar-refractivity contribution is 5.76. The van der Waals surface area contributed by atoms with E-state index in [0.29, 0.717) is 17.1 Å². The first kappa shape index (κ1) is 10.4. The molecule has 0 unspecified atom stereocenters. The Morgan fingerprint density at radius 3 is 2.61 bits per heavy atom. The van der Waals surface area contributed by atoms with Crippen molar-refractivity contribution in [2.24, 2.45) is 0 Å². The lowest BCUT2D eigenvalue weighted by molar-refractivity contribution is 0.991. The van der Waals surface area contributed by atoms with E-state index in [1.165, 1.54) is 12.4 Å². The molecule has 0 fully saturated rings. The van der Waals surface area contributed by atoms with Gasteiger partial charge in [-0.1, -0.05) is 30.3 Å². The van der Waals surface area contributed by atoms with E-state index in [9.17, 15) is 4.79 Å². The summed E-state index contributed by atoms with van der Waals surface area (Å²) in [5.74, 6) is 0.521. The van der Waals surface area contributed by atoms with Crippen LogP contribution in [0.2, 0.25) is 0 Å². The molecule has 0 aliphatic carbocycles. The summed E-state index contributed by atoms with van der Waals surface area (Å²) < 4.78 is 0. The Morgan fingerprint density at radius 1 is 1.06 bits per heavy atom. The maximum absolute atomic E-state index is 11.4. The Labute approximate surface area is 102 Å². The van der Waals surface area contributed by atoms with Gasteiger partial charge in [0.1, 0.15) is 12.0 Å². The van der Waals surface area contributed by atoms with Gasteiger partial charge in [0, 0.05) is 11.6 Å². The minimum Gasteiger partial charge on any atom is -0.268 e. The van der Waals surface area contributed by atoms with E-state index in [2.05, 4.69) is 25.4 Å². The second-order valence-electron chi connectivity index (χ2n) is 3.69. The number of nitrogens with zero attached hydrogens (tertiary/aromatic N) is 3. The fraction of sp³-hybridized carbons (Fsp3) is 0. The molecule has 2 N–H and O–H groups in total. The maximum Gasteiger partial charge on any atom is 0.264 e. The van der Waals surface area contributed by atoms with Crippen LogP contribution >= 0.6 is 0 Å². The quantitative estimate of drug-likeness (QED) is 0.703. The molecule has 88 valence electrons. The molecule has 0 aliphatic rings. The smallest absolute Gasteiger partial charge is 0.264 e. The fourth-order valence-electron chi connectivity index (χ4n) is 1.73. The molecule has 0 bridgehead atoms. The SMILES string of the molecule is O=c1cc(-c2ncn[nH]2)c(-c2ccccc2)n[nH]1. The van der Waals surface area contributed by atoms with Crippen LogP contribution in [-0.2, 0) is 0 Å². The molecule has 0 spiro atoms. The summed E-state index contributed by atoms with van der Waals surface area (Å²) in [4.78, 5) is 15.4. The summed E-state index contributed by atoms with van der Waals surface area (Å²) in [7, 11) is 0. The summed E-state index contributed by atoms with van der Waals surface area (Å²) in [6.07, 6.45) is 1.39. The Bertz CT molecular complexity index is 703. The van der Waals surface area contributed by atoms with Crippen molar-refractivity contribution in [1.82, 2.24) is 25.4 Å². The van der Waals surface area contributed by atoms with Crippen LogP contribution in [0.25, 0.3) is 22.6 Å². The fourth-order valence-corrected chi connectivity index (χ4v) is 1.73. The molecular formula is C12H9N5O. The number of hydrogen-bond acceptors (Lipinski definition) is 4. The van der Waals surface area contributed by atoms with Gasteiger partial charge in [-0.3, -0.25) is 9.89 Å². The zero-order valence-electron chi connectivity index (χ0n) is 9.29. The maximum atomic E-state index is 11.4. The van der Waals surface area contributed by atoms with Gasteiger partial charge in [0.2, 0.25) is 0 Å². The van der Waals surface area contributed by atoms with E-state index < -0.39 is 0 Å². The third-order valence-electron chi connectivity index (χ3n) is 2.53. The highest BCUT2D eigenvalue weighted by atomic mass is 16.1. The van der Waals surface area contributed by atoms with Crippen LogP contribution in [0, 0.1) is 0 Å². The van der Waals surface area contributed by atoms with Gasteiger partial charge >= 0.3 is 0 Å². The highest BCUT2D eigenvalue weighted by Gasteiger charge is 2.11. The average molecular weight is 239 g/mol. The van der Waals surface area contributed by atoms with Gasteiger partial charge in [-0.15, -0.1) is 0 Å². The van der Waals surface area contributed by atoms with E-state index in [1.54, 1.807) is 0 Å². The lowest BCUT2D eigenvalue weighted by Gasteiger charge is -2.04. The number of nitrogens with one attached hydrogen (secondary N) is 2. The van der Waals surface area contributed by atoms with Gasteiger partial charge in [-0.2, -0.15) is 10.2 Å². The van der Waals surface area contributed by atoms with Gasteiger partial charge < -0.3 is 0 Å². The average Bonchev–Trinajstić information content (AvgIpc) is 2.93. The minimum absolute atomic E-state index is 0.277. The molecule has 0 saturated carbocycles. The van der Waals surface area contributed by atoms with Gasteiger partial charge in [0.05, 0.1) is 5.56 Å². The van der Waals surface area contributed by atoms with Gasteiger partial charge in [-0.25, -0.2) is 10.1 Å². The first-order chi connectivity index (χ1) is 8.84. The number of benzene rings is 1. The molecule has 6 heteroatoms. The molecule has 0 radical (unpaired) electrons. The summed E-state index contributed by atoms with van der Waals surface area (Å²) in [5.41, 5.74) is 1.91. The Balaban J connectivity index is 2.25. The van der Waals surface area contributed by atoms with E-state index in [4.69, 9.17) is 0 Å². The van der Waals surface area contributed by atoms with Crippen LogP contribution in [-0.4, -0.2) is 25.4 Å².